The van der Waals surface area contributed by atoms with Crippen molar-refractivity contribution in [1.82, 2.24) is 10.2 Å². The Morgan fingerprint density at radius 1 is 1.29 bits per heavy atom. The first-order valence-corrected chi connectivity index (χ1v) is 8.58. The number of Topliss-reactive ketones (excluding diaryl/α,β-unsaturated/α-hetero) is 1. The minimum atomic E-state index is -1.46. The van der Waals surface area contributed by atoms with Crippen molar-refractivity contribution in [2.75, 3.05) is 19.3 Å². The highest BCUT2D eigenvalue weighted by molar-refractivity contribution is 7.98. The number of likely N-dealkylation sites (tertiary alicyclic amines) is 1. The number of ketones is 1. The highest BCUT2D eigenvalue weighted by Gasteiger charge is 2.40. The molecule has 0 saturated carbocycles. The van der Waals surface area contributed by atoms with E-state index in [9.17, 15) is 19.2 Å². The first-order chi connectivity index (χ1) is 11.4. The number of hydrogen-bond acceptors (Lipinski definition) is 5. The highest BCUT2D eigenvalue weighted by atomic mass is 32.2. The number of amides is 2. The van der Waals surface area contributed by atoms with Crippen molar-refractivity contribution in [2.24, 2.45) is 5.92 Å². The van der Waals surface area contributed by atoms with Gasteiger partial charge in [-0.15, -0.1) is 11.8 Å². The van der Waals surface area contributed by atoms with Crippen LogP contribution in [0.5, 0.6) is 0 Å². The number of thioether (sulfide) groups is 1. The molecule has 1 aliphatic rings. The fourth-order valence-electron chi connectivity index (χ4n) is 2.45. The van der Waals surface area contributed by atoms with Crippen LogP contribution in [0, 0.1) is 5.92 Å². The standard InChI is InChI=1S/C16H18N2O5S/c1-24-11-4-2-10(3-5-11)9-18-7-6-12(19)14(16(18)23)15(22)17-8-13(20)21/h2-5,14H,6-9H2,1H3,(H,17,22)(H,20,21). The summed E-state index contributed by atoms with van der Waals surface area (Å²) < 4.78 is 0. The Bertz CT molecular complexity index is 659. The molecule has 1 fully saturated rings. The predicted octanol–water partition coefficient (Wildman–Crippen LogP) is 0.527. The Morgan fingerprint density at radius 3 is 2.54 bits per heavy atom. The van der Waals surface area contributed by atoms with Gasteiger partial charge in [-0.1, -0.05) is 12.1 Å². The minimum Gasteiger partial charge on any atom is -0.480 e. The van der Waals surface area contributed by atoms with Crippen molar-refractivity contribution >= 4 is 35.3 Å². The third-order valence-corrected chi connectivity index (χ3v) is 4.46. The zero-order chi connectivity index (χ0) is 17.7. The number of benzene rings is 1. The zero-order valence-electron chi connectivity index (χ0n) is 13.2. The predicted molar refractivity (Wildman–Crippen MR) is 87.4 cm³/mol. The number of carboxylic acid groups (broad SMARTS) is 1. The molecule has 1 heterocycles. The quantitative estimate of drug-likeness (QED) is 0.573. The average Bonchev–Trinajstić information content (AvgIpc) is 2.56. The topological polar surface area (TPSA) is 104 Å². The maximum atomic E-state index is 12.4. The van der Waals surface area contributed by atoms with Gasteiger partial charge in [-0.2, -0.15) is 0 Å². The van der Waals surface area contributed by atoms with Crippen LogP contribution in [-0.2, 0) is 25.7 Å². The number of rotatable bonds is 6. The summed E-state index contributed by atoms with van der Waals surface area (Å²) in [5.41, 5.74) is 0.903. The maximum absolute atomic E-state index is 12.4. The molecule has 8 heteroatoms. The molecule has 2 N–H and O–H groups in total. The number of carbonyl (C=O) groups excluding carboxylic acids is 3. The van der Waals surface area contributed by atoms with Gasteiger partial charge in [0.1, 0.15) is 6.54 Å². The van der Waals surface area contributed by atoms with Crippen LogP contribution in [0.2, 0.25) is 0 Å². The molecule has 2 amide bonds. The molecule has 0 spiro atoms. The van der Waals surface area contributed by atoms with E-state index in [1.807, 2.05) is 30.5 Å². The number of piperidine rings is 1. The number of nitrogens with zero attached hydrogens (tertiary/aromatic N) is 1. The van der Waals surface area contributed by atoms with Gasteiger partial charge in [0.15, 0.2) is 11.7 Å². The molecule has 1 aromatic rings. The van der Waals surface area contributed by atoms with Crippen LogP contribution in [0.3, 0.4) is 0 Å². The molecule has 0 radical (unpaired) electrons. The highest BCUT2D eigenvalue weighted by Crippen LogP contribution is 2.20. The lowest BCUT2D eigenvalue weighted by molar-refractivity contribution is -0.152. The minimum absolute atomic E-state index is 0.0831. The van der Waals surface area contributed by atoms with Gasteiger partial charge >= 0.3 is 5.97 Å². The Labute approximate surface area is 143 Å². The Hall–Kier alpha value is -2.35. The van der Waals surface area contributed by atoms with Crippen LogP contribution in [-0.4, -0.2) is 52.9 Å². The maximum Gasteiger partial charge on any atom is 0.322 e. The first kappa shape index (κ1) is 18.0. The second kappa shape index (κ2) is 7.96. The van der Waals surface area contributed by atoms with E-state index in [-0.39, 0.29) is 13.0 Å². The molecule has 0 aliphatic carbocycles. The molecule has 128 valence electrons. The summed E-state index contributed by atoms with van der Waals surface area (Å²) in [7, 11) is 0. The van der Waals surface area contributed by atoms with Crippen molar-refractivity contribution < 1.29 is 24.3 Å². The summed E-state index contributed by atoms with van der Waals surface area (Å²) in [5.74, 6) is -4.59. The average molecular weight is 350 g/mol. The summed E-state index contributed by atoms with van der Waals surface area (Å²) in [4.78, 5) is 49.4. The number of aliphatic carboxylic acids is 1. The second-order valence-corrected chi connectivity index (χ2v) is 6.25. The summed E-state index contributed by atoms with van der Waals surface area (Å²) in [6.45, 7) is -0.0554. The van der Waals surface area contributed by atoms with Gasteiger partial charge in [-0.3, -0.25) is 19.2 Å². The lowest BCUT2D eigenvalue weighted by Crippen LogP contribution is -2.52. The third kappa shape index (κ3) is 4.35. The van der Waals surface area contributed by atoms with Gasteiger partial charge in [-0.25, -0.2) is 0 Å². The summed E-state index contributed by atoms with van der Waals surface area (Å²) in [6, 6.07) is 7.68. The smallest absolute Gasteiger partial charge is 0.322 e. The van der Waals surface area contributed by atoms with Gasteiger partial charge in [0, 0.05) is 24.4 Å². The van der Waals surface area contributed by atoms with E-state index in [0.717, 1.165) is 10.5 Å². The van der Waals surface area contributed by atoms with Crippen LogP contribution in [0.25, 0.3) is 0 Å². The molecule has 1 atom stereocenters. The molecular weight excluding hydrogens is 332 g/mol. The largest absolute Gasteiger partial charge is 0.480 e. The SMILES string of the molecule is CSc1ccc(CN2CCC(=O)C(C(=O)NCC(=O)O)C2=O)cc1. The lowest BCUT2D eigenvalue weighted by Gasteiger charge is -2.30. The van der Waals surface area contributed by atoms with E-state index in [1.54, 1.807) is 11.8 Å². The van der Waals surface area contributed by atoms with Crippen LogP contribution in [0.1, 0.15) is 12.0 Å². The second-order valence-electron chi connectivity index (χ2n) is 5.37. The van der Waals surface area contributed by atoms with Gasteiger partial charge in [0.25, 0.3) is 0 Å². The molecule has 0 bridgehead atoms. The zero-order valence-corrected chi connectivity index (χ0v) is 14.0. The van der Waals surface area contributed by atoms with Crippen LogP contribution in [0.4, 0.5) is 0 Å². The van der Waals surface area contributed by atoms with E-state index in [4.69, 9.17) is 5.11 Å². The fourth-order valence-corrected chi connectivity index (χ4v) is 2.86. The van der Waals surface area contributed by atoms with Gasteiger partial charge < -0.3 is 15.3 Å². The van der Waals surface area contributed by atoms with E-state index in [0.29, 0.717) is 6.54 Å². The van der Waals surface area contributed by atoms with E-state index in [2.05, 4.69) is 5.32 Å². The fraction of sp³-hybridized carbons (Fsp3) is 0.375. The van der Waals surface area contributed by atoms with Crippen LogP contribution < -0.4 is 5.32 Å². The number of carbonyl (C=O) groups is 4. The summed E-state index contributed by atoms with van der Waals surface area (Å²) in [6.07, 6.45) is 2.05. The van der Waals surface area contributed by atoms with Gasteiger partial charge in [0.2, 0.25) is 11.8 Å². The van der Waals surface area contributed by atoms with Crippen molar-refractivity contribution in [3.63, 3.8) is 0 Å². The number of carboxylic acids is 1. The molecule has 7 nitrogen and oxygen atoms in total. The summed E-state index contributed by atoms with van der Waals surface area (Å²) >= 11 is 1.61. The Kier molecular flexibility index (Phi) is 5.97. The van der Waals surface area contributed by atoms with Crippen LogP contribution >= 0.6 is 11.8 Å². The molecule has 1 aromatic carbocycles. The first-order valence-electron chi connectivity index (χ1n) is 7.36. The van der Waals surface area contributed by atoms with Gasteiger partial charge in [0.05, 0.1) is 0 Å². The lowest BCUT2D eigenvalue weighted by atomic mass is 9.94. The molecule has 1 aliphatic heterocycles. The van der Waals surface area contributed by atoms with Crippen molar-refractivity contribution in [3.05, 3.63) is 29.8 Å². The molecule has 0 aromatic heterocycles. The molecular formula is C16H18N2O5S. The van der Waals surface area contributed by atoms with E-state index < -0.39 is 36.0 Å². The van der Waals surface area contributed by atoms with Crippen molar-refractivity contribution in [1.29, 1.82) is 0 Å². The molecule has 1 saturated heterocycles. The molecule has 2 rings (SSSR count). The van der Waals surface area contributed by atoms with Gasteiger partial charge in [-0.05, 0) is 24.0 Å². The summed E-state index contributed by atoms with van der Waals surface area (Å²) in [5, 5.41) is 10.7. The number of nitrogens with one attached hydrogen (secondary N) is 1. The molecule has 1 unspecified atom stereocenters. The van der Waals surface area contributed by atoms with E-state index >= 15 is 0 Å². The number of hydrogen-bond donors (Lipinski definition) is 2. The normalized spacial score (nSPS) is 17.7. The van der Waals surface area contributed by atoms with Crippen molar-refractivity contribution in [3.8, 4) is 0 Å². The monoisotopic (exact) mass is 350 g/mol. The Balaban J connectivity index is 2.06. The van der Waals surface area contributed by atoms with E-state index in [1.165, 1.54) is 4.90 Å². The van der Waals surface area contributed by atoms with Crippen molar-refractivity contribution in [2.45, 2.75) is 17.9 Å². The van der Waals surface area contributed by atoms with Crippen LogP contribution in [0.15, 0.2) is 29.2 Å². The molecule has 24 heavy (non-hydrogen) atoms. The Morgan fingerprint density at radius 2 is 1.96 bits per heavy atom. The third-order valence-electron chi connectivity index (χ3n) is 3.72.